The van der Waals surface area contributed by atoms with E-state index in [1.165, 1.54) is 0 Å². The van der Waals surface area contributed by atoms with Gasteiger partial charge in [-0.3, -0.25) is 4.79 Å². The van der Waals surface area contributed by atoms with Gasteiger partial charge >= 0.3 is 0 Å². The van der Waals surface area contributed by atoms with Gasteiger partial charge < -0.3 is 15.0 Å². The average molecular weight is 347 g/mol. The van der Waals surface area contributed by atoms with Gasteiger partial charge in [-0.2, -0.15) is 0 Å². The number of nitrogens with zero attached hydrogens (tertiary/aromatic N) is 1. The molecule has 2 aromatic carbocycles. The van der Waals surface area contributed by atoms with Crippen molar-refractivity contribution in [3.8, 4) is 5.75 Å². The number of hydrogen-bond acceptors (Lipinski definition) is 3. The summed E-state index contributed by atoms with van der Waals surface area (Å²) in [7, 11) is 1.58. The lowest BCUT2D eigenvalue weighted by Crippen LogP contribution is -2.35. The van der Waals surface area contributed by atoms with E-state index in [0.717, 1.165) is 22.5 Å². The Morgan fingerprint density at radius 3 is 2.62 bits per heavy atom. The van der Waals surface area contributed by atoms with E-state index in [4.69, 9.17) is 16.3 Å². The summed E-state index contributed by atoms with van der Waals surface area (Å²) in [4.78, 5) is 14.4. The third-order valence-electron chi connectivity index (χ3n) is 3.84. The van der Waals surface area contributed by atoms with Gasteiger partial charge in [0.15, 0.2) is 0 Å². The SMILES string of the molecule is CCN(C(=O)CNc1cc(C)c(Cl)cc1OC)c1cccc(C)c1. The molecular formula is C19H23ClN2O2. The molecule has 0 fully saturated rings. The molecule has 24 heavy (non-hydrogen) atoms. The normalized spacial score (nSPS) is 10.4. The van der Waals surface area contributed by atoms with Gasteiger partial charge in [0, 0.05) is 23.3 Å². The number of carbonyl (C=O) groups excluding carboxylic acids is 1. The van der Waals surface area contributed by atoms with Crippen molar-refractivity contribution in [2.45, 2.75) is 20.8 Å². The van der Waals surface area contributed by atoms with E-state index >= 15 is 0 Å². The molecule has 0 bridgehead atoms. The Morgan fingerprint density at radius 1 is 1.25 bits per heavy atom. The van der Waals surface area contributed by atoms with Crippen LogP contribution in [0, 0.1) is 13.8 Å². The number of methoxy groups -OCH3 is 1. The van der Waals surface area contributed by atoms with E-state index in [0.29, 0.717) is 17.3 Å². The molecule has 4 nitrogen and oxygen atoms in total. The first-order valence-electron chi connectivity index (χ1n) is 7.91. The standard InChI is InChI=1S/C19H23ClN2O2/c1-5-22(15-8-6-7-13(2)9-15)19(23)12-21-17-10-14(3)16(20)11-18(17)24-4/h6-11,21H,5,12H2,1-4H3. The zero-order valence-electron chi connectivity index (χ0n) is 14.5. The molecule has 0 aromatic heterocycles. The smallest absolute Gasteiger partial charge is 0.246 e. The van der Waals surface area contributed by atoms with Gasteiger partial charge in [0.05, 0.1) is 19.3 Å². The molecular weight excluding hydrogens is 324 g/mol. The lowest BCUT2D eigenvalue weighted by molar-refractivity contribution is -0.116. The number of ether oxygens (including phenoxy) is 1. The van der Waals surface area contributed by atoms with Crippen LogP contribution in [-0.2, 0) is 4.79 Å². The molecule has 0 spiro atoms. The largest absolute Gasteiger partial charge is 0.495 e. The maximum Gasteiger partial charge on any atom is 0.246 e. The molecule has 1 amide bonds. The average Bonchev–Trinajstić information content (AvgIpc) is 2.56. The molecule has 0 saturated heterocycles. The minimum atomic E-state index is -0.00208. The van der Waals surface area contributed by atoms with Gasteiger partial charge in [-0.25, -0.2) is 0 Å². The molecule has 2 aromatic rings. The summed E-state index contributed by atoms with van der Waals surface area (Å²) in [5, 5.41) is 3.79. The number of nitrogens with one attached hydrogen (secondary N) is 1. The molecule has 0 unspecified atom stereocenters. The van der Waals surface area contributed by atoms with Crippen molar-refractivity contribution >= 4 is 28.9 Å². The Hall–Kier alpha value is -2.20. The number of benzene rings is 2. The van der Waals surface area contributed by atoms with Crippen LogP contribution in [0.15, 0.2) is 36.4 Å². The summed E-state index contributed by atoms with van der Waals surface area (Å²) in [5.41, 5.74) is 3.72. The first kappa shape index (κ1) is 18.1. The summed E-state index contributed by atoms with van der Waals surface area (Å²) in [6.45, 7) is 6.69. The molecule has 0 heterocycles. The molecule has 0 aliphatic rings. The van der Waals surface area contributed by atoms with Crippen molar-refractivity contribution < 1.29 is 9.53 Å². The molecule has 2 rings (SSSR count). The van der Waals surface area contributed by atoms with Gasteiger partial charge in [0.1, 0.15) is 5.75 Å². The van der Waals surface area contributed by atoms with Crippen LogP contribution in [0.2, 0.25) is 5.02 Å². The third kappa shape index (κ3) is 4.20. The van der Waals surface area contributed by atoms with Gasteiger partial charge in [-0.05, 0) is 50.1 Å². The predicted octanol–water partition coefficient (Wildman–Crippen LogP) is 4.43. The highest BCUT2D eigenvalue weighted by atomic mass is 35.5. The van der Waals surface area contributed by atoms with E-state index in [9.17, 15) is 4.79 Å². The topological polar surface area (TPSA) is 41.6 Å². The predicted molar refractivity (Wildman–Crippen MR) is 100 cm³/mol. The Morgan fingerprint density at radius 2 is 2.00 bits per heavy atom. The molecule has 0 atom stereocenters. The highest BCUT2D eigenvalue weighted by Crippen LogP contribution is 2.30. The summed E-state index contributed by atoms with van der Waals surface area (Å²) < 4.78 is 5.33. The number of rotatable bonds is 6. The Labute approximate surface area is 148 Å². The Kier molecular flexibility index (Phi) is 6.10. The second kappa shape index (κ2) is 8.06. The Bertz CT molecular complexity index is 731. The van der Waals surface area contributed by atoms with Crippen LogP contribution in [0.4, 0.5) is 11.4 Å². The number of halogens is 1. The fraction of sp³-hybridized carbons (Fsp3) is 0.316. The van der Waals surface area contributed by atoms with Crippen LogP contribution in [0.25, 0.3) is 0 Å². The van der Waals surface area contributed by atoms with Crippen molar-refractivity contribution in [2.75, 3.05) is 30.4 Å². The first-order valence-corrected chi connectivity index (χ1v) is 8.29. The summed E-state index contributed by atoms with van der Waals surface area (Å²) in [5.74, 6) is 0.620. The van der Waals surface area contributed by atoms with E-state index in [1.54, 1.807) is 18.1 Å². The van der Waals surface area contributed by atoms with Crippen molar-refractivity contribution in [1.29, 1.82) is 0 Å². The molecule has 0 aliphatic heterocycles. The Balaban J connectivity index is 2.13. The number of likely N-dealkylation sites (N-methyl/N-ethyl adjacent to an activating group) is 1. The number of amides is 1. The highest BCUT2D eigenvalue weighted by molar-refractivity contribution is 6.31. The fourth-order valence-electron chi connectivity index (χ4n) is 2.54. The monoisotopic (exact) mass is 346 g/mol. The zero-order chi connectivity index (χ0) is 17.7. The van der Waals surface area contributed by atoms with Gasteiger partial charge in [-0.1, -0.05) is 23.7 Å². The molecule has 0 saturated carbocycles. The highest BCUT2D eigenvalue weighted by Gasteiger charge is 2.15. The second-order valence-electron chi connectivity index (χ2n) is 5.63. The summed E-state index contributed by atoms with van der Waals surface area (Å²) in [6, 6.07) is 11.6. The van der Waals surface area contributed by atoms with Crippen LogP contribution >= 0.6 is 11.6 Å². The van der Waals surface area contributed by atoms with Gasteiger partial charge in [-0.15, -0.1) is 0 Å². The van der Waals surface area contributed by atoms with Crippen LogP contribution in [0.3, 0.4) is 0 Å². The quantitative estimate of drug-likeness (QED) is 0.841. The van der Waals surface area contributed by atoms with E-state index in [-0.39, 0.29) is 12.5 Å². The molecule has 1 N–H and O–H groups in total. The van der Waals surface area contributed by atoms with Crippen LogP contribution in [0.1, 0.15) is 18.1 Å². The van der Waals surface area contributed by atoms with Gasteiger partial charge in [0.2, 0.25) is 5.91 Å². The van der Waals surface area contributed by atoms with E-state index in [2.05, 4.69) is 5.32 Å². The van der Waals surface area contributed by atoms with E-state index < -0.39 is 0 Å². The number of aryl methyl sites for hydroxylation is 2. The van der Waals surface area contributed by atoms with Crippen molar-refractivity contribution in [2.24, 2.45) is 0 Å². The third-order valence-corrected chi connectivity index (χ3v) is 4.25. The van der Waals surface area contributed by atoms with Crippen LogP contribution in [-0.4, -0.2) is 26.1 Å². The van der Waals surface area contributed by atoms with Crippen LogP contribution in [0.5, 0.6) is 5.75 Å². The maximum atomic E-state index is 12.6. The minimum absolute atomic E-state index is 0.00208. The lowest BCUT2D eigenvalue weighted by Gasteiger charge is -2.22. The molecule has 0 aliphatic carbocycles. The fourth-order valence-corrected chi connectivity index (χ4v) is 2.69. The number of carbonyl (C=O) groups is 1. The molecule has 0 radical (unpaired) electrons. The van der Waals surface area contributed by atoms with Crippen molar-refractivity contribution in [3.63, 3.8) is 0 Å². The van der Waals surface area contributed by atoms with Gasteiger partial charge in [0.25, 0.3) is 0 Å². The summed E-state index contributed by atoms with van der Waals surface area (Å²) in [6.07, 6.45) is 0. The number of anilines is 2. The second-order valence-corrected chi connectivity index (χ2v) is 6.04. The zero-order valence-corrected chi connectivity index (χ0v) is 15.3. The molecule has 5 heteroatoms. The number of hydrogen-bond donors (Lipinski definition) is 1. The molecule has 128 valence electrons. The first-order chi connectivity index (χ1) is 11.5. The van der Waals surface area contributed by atoms with Crippen molar-refractivity contribution in [1.82, 2.24) is 0 Å². The van der Waals surface area contributed by atoms with Crippen molar-refractivity contribution in [3.05, 3.63) is 52.5 Å². The van der Waals surface area contributed by atoms with E-state index in [1.807, 2.05) is 51.1 Å². The minimum Gasteiger partial charge on any atom is -0.495 e. The van der Waals surface area contributed by atoms with Crippen LogP contribution < -0.4 is 15.0 Å². The summed E-state index contributed by atoms with van der Waals surface area (Å²) >= 11 is 6.11. The maximum absolute atomic E-state index is 12.6. The lowest BCUT2D eigenvalue weighted by atomic mass is 10.2.